The van der Waals surface area contributed by atoms with Gasteiger partial charge in [-0.25, -0.2) is 0 Å². The first-order valence-corrected chi connectivity index (χ1v) is 6.21. The molecule has 18 heavy (non-hydrogen) atoms. The second-order valence-corrected chi connectivity index (χ2v) is 5.47. The van der Waals surface area contributed by atoms with Crippen LogP contribution in [0.2, 0.25) is 0 Å². The number of carbonyl (C=O) groups excluding carboxylic acids is 1. The lowest BCUT2D eigenvalue weighted by Gasteiger charge is -2.37. The van der Waals surface area contributed by atoms with Crippen molar-refractivity contribution in [2.75, 3.05) is 0 Å². The van der Waals surface area contributed by atoms with Gasteiger partial charge in [0.25, 0.3) is 0 Å². The summed E-state index contributed by atoms with van der Waals surface area (Å²) in [4.78, 5) is 12.2. The Morgan fingerprint density at radius 1 is 1.28 bits per heavy atom. The third-order valence-electron chi connectivity index (χ3n) is 4.17. The Bertz CT molecular complexity index is 528. The molecule has 3 heteroatoms. The standard InChI is InChI=1S/C15H16N2O/c1-11-6-7-14(2)12(4-3-5-13(14)18)15(8-11,9-16)10-17/h4,6H,3,5,7-8H2,1-2H3. The second kappa shape index (κ2) is 4.10. The van der Waals surface area contributed by atoms with Crippen LogP contribution < -0.4 is 0 Å². The van der Waals surface area contributed by atoms with E-state index in [9.17, 15) is 15.3 Å². The smallest absolute Gasteiger partial charge is 0.169 e. The fraction of sp³-hybridized carbons (Fsp3) is 0.533. The summed E-state index contributed by atoms with van der Waals surface area (Å²) in [6, 6.07) is 4.32. The van der Waals surface area contributed by atoms with Gasteiger partial charge in [-0.1, -0.05) is 17.7 Å². The summed E-state index contributed by atoms with van der Waals surface area (Å²) in [5.74, 6) is 0.154. The monoisotopic (exact) mass is 240 g/mol. The molecule has 0 N–H and O–H groups in total. The van der Waals surface area contributed by atoms with Crippen molar-refractivity contribution in [3.63, 3.8) is 0 Å². The van der Waals surface area contributed by atoms with Crippen LogP contribution in [-0.4, -0.2) is 5.78 Å². The molecule has 2 rings (SSSR count). The average Bonchev–Trinajstić information content (AvgIpc) is 2.48. The lowest BCUT2D eigenvalue weighted by molar-refractivity contribution is -0.126. The van der Waals surface area contributed by atoms with Crippen molar-refractivity contribution in [1.29, 1.82) is 10.5 Å². The van der Waals surface area contributed by atoms with Crippen molar-refractivity contribution in [3.8, 4) is 12.1 Å². The minimum atomic E-state index is -1.16. The highest BCUT2D eigenvalue weighted by molar-refractivity contribution is 5.90. The molecular formula is C15H16N2O. The van der Waals surface area contributed by atoms with Gasteiger partial charge in [0.1, 0.15) is 5.78 Å². The van der Waals surface area contributed by atoms with Crippen LogP contribution in [0.25, 0.3) is 0 Å². The Labute approximate surface area is 107 Å². The zero-order chi connectivity index (χ0) is 13.4. The van der Waals surface area contributed by atoms with Crippen molar-refractivity contribution in [1.82, 2.24) is 0 Å². The molecule has 0 aromatic heterocycles. The molecule has 1 atom stereocenters. The second-order valence-electron chi connectivity index (χ2n) is 5.47. The molecule has 0 heterocycles. The van der Waals surface area contributed by atoms with Gasteiger partial charge in [-0.05, 0) is 32.3 Å². The van der Waals surface area contributed by atoms with E-state index in [1.165, 1.54) is 0 Å². The molecule has 92 valence electrons. The van der Waals surface area contributed by atoms with Gasteiger partial charge in [0, 0.05) is 12.8 Å². The van der Waals surface area contributed by atoms with E-state index in [0.29, 0.717) is 25.7 Å². The highest BCUT2D eigenvalue weighted by Gasteiger charge is 2.50. The Hall–Kier alpha value is -1.87. The molecule has 0 saturated carbocycles. The largest absolute Gasteiger partial charge is 0.299 e. The summed E-state index contributed by atoms with van der Waals surface area (Å²) in [6.07, 6.45) is 6.13. The highest BCUT2D eigenvalue weighted by atomic mass is 16.1. The molecule has 0 radical (unpaired) electrons. The van der Waals surface area contributed by atoms with Crippen LogP contribution in [0.15, 0.2) is 23.3 Å². The van der Waals surface area contributed by atoms with Crippen LogP contribution in [0.4, 0.5) is 0 Å². The number of Topliss-reactive ketones (excluding diaryl/α,β-unsaturated/α-hetero) is 1. The number of allylic oxidation sites excluding steroid dienone is 4. The van der Waals surface area contributed by atoms with Gasteiger partial charge in [0.2, 0.25) is 0 Å². The lowest BCUT2D eigenvalue weighted by atomic mass is 9.62. The van der Waals surface area contributed by atoms with Gasteiger partial charge in [-0.2, -0.15) is 10.5 Å². The number of ketones is 1. The fourth-order valence-electron chi connectivity index (χ4n) is 3.06. The maximum atomic E-state index is 12.2. The Morgan fingerprint density at radius 2 is 1.94 bits per heavy atom. The molecule has 2 aliphatic rings. The van der Waals surface area contributed by atoms with Crippen LogP contribution >= 0.6 is 0 Å². The normalized spacial score (nSPS) is 30.1. The maximum Gasteiger partial charge on any atom is 0.169 e. The minimum Gasteiger partial charge on any atom is -0.299 e. The molecule has 1 unspecified atom stereocenters. The Morgan fingerprint density at radius 3 is 2.56 bits per heavy atom. The van der Waals surface area contributed by atoms with Gasteiger partial charge in [-0.3, -0.25) is 4.79 Å². The van der Waals surface area contributed by atoms with E-state index in [4.69, 9.17) is 0 Å². The summed E-state index contributed by atoms with van der Waals surface area (Å²) >= 11 is 0. The van der Waals surface area contributed by atoms with Crippen molar-refractivity contribution in [3.05, 3.63) is 23.3 Å². The van der Waals surface area contributed by atoms with Crippen LogP contribution in [0, 0.1) is 33.5 Å². The summed E-state index contributed by atoms with van der Waals surface area (Å²) in [5.41, 5.74) is -0.0876. The predicted molar refractivity (Wildman–Crippen MR) is 67.1 cm³/mol. The zero-order valence-corrected chi connectivity index (χ0v) is 10.8. The highest BCUT2D eigenvalue weighted by Crippen LogP contribution is 2.51. The van der Waals surface area contributed by atoms with Crippen molar-refractivity contribution < 1.29 is 4.79 Å². The molecule has 0 aliphatic heterocycles. The average molecular weight is 240 g/mol. The maximum absolute atomic E-state index is 12.2. The number of hydrogen-bond donors (Lipinski definition) is 0. The van der Waals surface area contributed by atoms with Gasteiger partial charge < -0.3 is 0 Å². The van der Waals surface area contributed by atoms with Crippen LogP contribution in [0.3, 0.4) is 0 Å². The molecule has 3 nitrogen and oxygen atoms in total. The van der Waals surface area contributed by atoms with Crippen LogP contribution in [0.5, 0.6) is 0 Å². The SMILES string of the molecule is CC1=CCC2(C)C(=O)CCC=C2C(C#N)(C#N)C1. The summed E-state index contributed by atoms with van der Waals surface area (Å²) in [5, 5.41) is 18.9. The van der Waals surface area contributed by atoms with E-state index in [2.05, 4.69) is 12.1 Å². The van der Waals surface area contributed by atoms with Crippen LogP contribution in [0.1, 0.15) is 39.5 Å². The van der Waals surface area contributed by atoms with E-state index in [1.807, 2.05) is 26.0 Å². The molecule has 0 aromatic rings. The molecule has 0 amide bonds. The molecule has 0 fully saturated rings. The van der Waals surface area contributed by atoms with Crippen molar-refractivity contribution in [2.24, 2.45) is 10.8 Å². The van der Waals surface area contributed by atoms with E-state index in [-0.39, 0.29) is 5.78 Å². The molecule has 0 bridgehead atoms. The van der Waals surface area contributed by atoms with E-state index in [0.717, 1.165) is 11.1 Å². The summed E-state index contributed by atoms with van der Waals surface area (Å²) in [7, 11) is 0. The number of rotatable bonds is 0. The van der Waals surface area contributed by atoms with Gasteiger partial charge in [0.15, 0.2) is 5.41 Å². The molecule has 0 spiro atoms. The number of nitrogens with zero attached hydrogens (tertiary/aromatic N) is 2. The van der Waals surface area contributed by atoms with Crippen LogP contribution in [-0.2, 0) is 4.79 Å². The molecule has 2 aliphatic carbocycles. The molecular weight excluding hydrogens is 224 g/mol. The third-order valence-corrected chi connectivity index (χ3v) is 4.17. The van der Waals surface area contributed by atoms with E-state index < -0.39 is 10.8 Å². The topological polar surface area (TPSA) is 64.7 Å². The quantitative estimate of drug-likeness (QED) is 0.611. The first-order valence-electron chi connectivity index (χ1n) is 6.21. The van der Waals surface area contributed by atoms with Gasteiger partial charge >= 0.3 is 0 Å². The van der Waals surface area contributed by atoms with Crippen molar-refractivity contribution in [2.45, 2.75) is 39.5 Å². The Balaban J connectivity index is 2.67. The predicted octanol–water partition coefficient (Wildman–Crippen LogP) is 3.06. The van der Waals surface area contributed by atoms with Gasteiger partial charge in [-0.15, -0.1) is 0 Å². The number of hydrogen-bond acceptors (Lipinski definition) is 3. The molecule has 0 aromatic carbocycles. The Kier molecular flexibility index (Phi) is 2.87. The fourth-order valence-corrected chi connectivity index (χ4v) is 3.06. The number of nitriles is 2. The first kappa shape index (κ1) is 12.6. The molecule has 0 saturated heterocycles. The van der Waals surface area contributed by atoms with E-state index in [1.54, 1.807) is 0 Å². The summed E-state index contributed by atoms with van der Waals surface area (Å²) in [6.45, 7) is 3.80. The first-order chi connectivity index (χ1) is 8.48. The van der Waals surface area contributed by atoms with Crippen molar-refractivity contribution >= 4 is 5.78 Å². The zero-order valence-electron chi connectivity index (χ0n) is 10.8. The lowest BCUT2D eigenvalue weighted by Crippen LogP contribution is -2.38. The van der Waals surface area contributed by atoms with E-state index >= 15 is 0 Å². The minimum absolute atomic E-state index is 0.154. The van der Waals surface area contributed by atoms with Gasteiger partial charge in [0.05, 0.1) is 17.6 Å². The number of carbonyl (C=O) groups is 1. The third kappa shape index (κ3) is 1.59. The summed E-state index contributed by atoms with van der Waals surface area (Å²) < 4.78 is 0. The number of fused-ring (bicyclic) bond motifs is 1.